The lowest BCUT2D eigenvalue weighted by atomic mass is 10.0. The van der Waals surface area contributed by atoms with Crippen LogP contribution in [-0.4, -0.2) is 14.5 Å². The van der Waals surface area contributed by atoms with Gasteiger partial charge in [-0.3, -0.25) is 0 Å². The summed E-state index contributed by atoms with van der Waals surface area (Å²) in [7, 11) is 0. The summed E-state index contributed by atoms with van der Waals surface area (Å²) in [6.07, 6.45) is 0. The van der Waals surface area contributed by atoms with Crippen LogP contribution < -0.4 is 0 Å². The molecule has 0 radical (unpaired) electrons. The van der Waals surface area contributed by atoms with E-state index in [0.717, 1.165) is 28.0 Å². The second-order valence-electron chi connectivity index (χ2n) is 6.07. The Bertz CT molecular complexity index is 1140. The molecule has 2 aromatic heterocycles. The molecule has 126 valence electrons. The van der Waals surface area contributed by atoms with Crippen LogP contribution in [0.3, 0.4) is 0 Å². The van der Waals surface area contributed by atoms with Crippen LogP contribution in [0.2, 0.25) is 5.02 Å². The molecule has 0 spiro atoms. The Balaban J connectivity index is 1.73. The van der Waals surface area contributed by atoms with Crippen LogP contribution in [0.1, 0.15) is 17.1 Å². The standard InChI is InChI=1S/C21H15ClN4/c1-14-24-20-10-9-18(12-23)25-21(20)26(14)13-17-8-7-16(11-19(17)22)15-5-3-2-4-6-15/h2-11H,13H2,1H3. The van der Waals surface area contributed by atoms with Crippen molar-refractivity contribution in [3.05, 3.63) is 82.8 Å². The summed E-state index contributed by atoms with van der Waals surface area (Å²) in [6, 6.07) is 21.8. The zero-order valence-electron chi connectivity index (χ0n) is 14.1. The SMILES string of the molecule is Cc1nc2ccc(C#N)nc2n1Cc1ccc(-c2ccccc2)cc1Cl. The molecule has 0 aliphatic heterocycles. The van der Waals surface area contributed by atoms with Crippen LogP contribution in [-0.2, 0) is 6.54 Å². The Hall–Kier alpha value is -3.16. The smallest absolute Gasteiger partial charge is 0.161 e. The Morgan fingerprint density at radius 1 is 1.00 bits per heavy atom. The normalized spacial score (nSPS) is 10.8. The highest BCUT2D eigenvalue weighted by atomic mass is 35.5. The molecule has 4 aromatic rings. The molecule has 0 saturated heterocycles. The number of nitrogens with zero attached hydrogens (tertiary/aromatic N) is 4. The number of fused-ring (bicyclic) bond motifs is 1. The minimum absolute atomic E-state index is 0.379. The quantitative estimate of drug-likeness (QED) is 0.519. The first-order valence-electron chi connectivity index (χ1n) is 8.23. The van der Waals surface area contributed by atoms with Gasteiger partial charge in [0.05, 0.1) is 6.54 Å². The van der Waals surface area contributed by atoms with Gasteiger partial charge in [0.15, 0.2) is 5.65 Å². The van der Waals surface area contributed by atoms with E-state index < -0.39 is 0 Å². The summed E-state index contributed by atoms with van der Waals surface area (Å²) in [5, 5.41) is 9.80. The van der Waals surface area contributed by atoms with Gasteiger partial charge in [-0.25, -0.2) is 9.97 Å². The van der Waals surface area contributed by atoms with Gasteiger partial charge in [0.25, 0.3) is 0 Å². The molecule has 0 unspecified atom stereocenters. The molecule has 0 aliphatic carbocycles. The van der Waals surface area contributed by atoms with E-state index >= 15 is 0 Å². The fraction of sp³-hybridized carbons (Fsp3) is 0.0952. The summed E-state index contributed by atoms with van der Waals surface area (Å²) in [6.45, 7) is 2.48. The molecular weight excluding hydrogens is 344 g/mol. The van der Waals surface area contributed by atoms with Gasteiger partial charge >= 0.3 is 0 Å². The van der Waals surface area contributed by atoms with Crippen LogP contribution in [0.25, 0.3) is 22.3 Å². The number of benzene rings is 2. The molecule has 2 aromatic carbocycles. The van der Waals surface area contributed by atoms with E-state index in [1.54, 1.807) is 6.07 Å². The largest absolute Gasteiger partial charge is 0.308 e. The van der Waals surface area contributed by atoms with Gasteiger partial charge in [-0.2, -0.15) is 5.26 Å². The van der Waals surface area contributed by atoms with Crippen LogP contribution in [0.5, 0.6) is 0 Å². The topological polar surface area (TPSA) is 54.5 Å². The number of pyridine rings is 1. The molecule has 0 fully saturated rings. The molecule has 0 amide bonds. The fourth-order valence-corrected chi connectivity index (χ4v) is 3.26. The monoisotopic (exact) mass is 358 g/mol. The first-order chi connectivity index (χ1) is 12.7. The fourth-order valence-electron chi connectivity index (χ4n) is 3.02. The summed E-state index contributed by atoms with van der Waals surface area (Å²) >= 11 is 6.55. The molecule has 0 N–H and O–H groups in total. The highest BCUT2D eigenvalue weighted by Crippen LogP contribution is 2.27. The molecule has 0 aliphatic rings. The number of rotatable bonds is 3. The van der Waals surface area contributed by atoms with E-state index in [9.17, 15) is 0 Å². The predicted molar refractivity (Wildman–Crippen MR) is 103 cm³/mol. The number of halogens is 1. The van der Waals surface area contributed by atoms with E-state index in [2.05, 4.69) is 34.2 Å². The number of imidazole rings is 1. The molecule has 0 bridgehead atoms. The van der Waals surface area contributed by atoms with Crippen molar-refractivity contribution in [1.29, 1.82) is 5.26 Å². The van der Waals surface area contributed by atoms with Gasteiger partial charge in [-0.1, -0.05) is 54.1 Å². The number of aromatic nitrogens is 3. The number of hydrogen-bond acceptors (Lipinski definition) is 3. The van der Waals surface area contributed by atoms with Crippen molar-refractivity contribution >= 4 is 22.8 Å². The van der Waals surface area contributed by atoms with Crippen LogP contribution >= 0.6 is 11.6 Å². The van der Waals surface area contributed by atoms with Crippen LogP contribution in [0, 0.1) is 18.3 Å². The minimum Gasteiger partial charge on any atom is -0.308 e. The van der Waals surface area contributed by atoms with Crippen molar-refractivity contribution in [3.63, 3.8) is 0 Å². The summed E-state index contributed by atoms with van der Waals surface area (Å²) in [5.41, 5.74) is 5.05. The molecule has 4 rings (SSSR count). The van der Waals surface area contributed by atoms with Crippen molar-refractivity contribution in [1.82, 2.24) is 14.5 Å². The van der Waals surface area contributed by atoms with Crippen LogP contribution in [0.4, 0.5) is 0 Å². The molecule has 26 heavy (non-hydrogen) atoms. The number of aryl methyl sites for hydroxylation is 1. The van der Waals surface area contributed by atoms with E-state index in [1.165, 1.54) is 0 Å². The highest BCUT2D eigenvalue weighted by Gasteiger charge is 2.12. The zero-order chi connectivity index (χ0) is 18.1. The second-order valence-corrected chi connectivity index (χ2v) is 6.48. The van der Waals surface area contributed by atoms with E-state index in [-0.39, 0.29) is 0 Å². The molecule has 4 nitrogen and oxygen atoms in total. The van der Waals surface area contributed by atoms with E-state index in [4.69, 9.17) is 16.9 Å². The summed E-state index contributed by atoms with van der Waals surface area (Å²) in [5.74, 6) is 0.839. The summed E-state index contributed by atoms with van der Waals surface area (Å²) < 4.78 is 1.99. The van der Waals surface area contributed by atoms with E-state index in [1.807, 2.05) is 47.9 Å². The Labute approximate surface area is 156 Å². The van der Waals surface area contributed by atoms with Crippen molar-refractivity contribution < 1.29 is 0 Å². The number of nitriles is 1. The first kappa shape index (κ1) is 16.3. The van der Waals surface area contributed by atoms with Crippen molar-refractivity contribution in [3.8, 4) is 17.2 Å². The summed E-state index contributed by atoms with van der Waals surface area (Å²) in [4.78, 5) is 8.93. The van der Waals surface area contributed by atoms with Gasteiger partial charge < -0.3 is 4.57 Å². The Kier molecular flexibility index (Phi) is 4.16. The van der Waals surface area contributed by atoms with Gasteiger partial charge in [0, 0.05) is 5.02 Å². The van der Waals surface area contributed by atoms with Crippen LogP contribution in [0.15, 0.2) is 60.7 Å². The average Bonchev–Trinajstić information content (AvgIpc) is 2.98. The lowest BCUT2D eigenvalue weighted by Crippen LogP contribution is -2.04. The minimum atomic E-state index is 0.379. The zero-order valence-corrected chi connectivity index (χ0v) is 14.9. The van der Waals surface area contributed by atoms with Gasteiger partial charge in [0.1, 0.15) is 23.1 Å². The third-order valence-electron chi connectivity index (χ3n) is 4.39. The predicted octanol–water partition coefficient (Wildman–Crippen LogP) is 4.98. The third kappa shape index (κ3) is 2.94. The highest BCUT2D eigenvalue weighted by molar-refractivity contribution is 6.31. The Morgan fingerprint density at radius 2 is 1.81 bits per heavy atom. The molecular formula is C21H15ClN4. The van der Waals surface area contributed by atoms with Crippen molar-refractivity contribution in [2.45, 2.75) is 13.5 Å². The molecule has 0 atom stereocenters. The molecule has 5 heteroatoms. The lowest BCUT2D eigenvalue weighted by Gasteiger charge is -2.10. The van der Waals surface area contributed by atoms with Crippen molar-refractivity contribution in [2.75, 3.05) is 0 Å². The maximum atomic E-state index is 9.10. The third-order valence-corrected chi connectivity index (χ3v) is 4.74. The van der Waals surface area contributed by atoms with Crippen molar-refractivity contribution in [2.24, 2.45) is 0 Å². The average molecular weight is 359 g/mol. The number of hydrogen-bond donors (Lipinski definition) is 0. The first-order valence-corrected chi connectivity index (χ1v) is 8.61. The van der Waals surface area contributed by atoms with E-state index in [0.29, 0.717) is 22.9 Å². The molecule has 2 heterocycles. The van der Waals surface area contributed by atoms with Gasteiger partial charge in [0.2, 0.25) is 0 Å². The Morgan fingerprint density at radius 3 is 2.54 bits per heavy atom. The lowest BCUT2D eigenvalue weighted by molar-refractivity contribution is 0.777. The maximum Gasteiger partial charge on any atom is 0.161 e. The second kappa shape index (κ2) is 6.62. The molecule has 0 saturated carbocycles. The van der Waals surface area contributed by atoms with Gasteiger partial charge in [-0.15, -0.1) is 0 Å². The van der Waals surface area contributed by atoms with Gasteiger partial charge in [-0.05, 0) is 41.8 Å². The maximum absolute atomic E-state index is 9.10.